The first-order valence-electron chi connectivity index (χ1n) is 7.99. The molecule has 0 atom stereocenters. The van der Waals surface area contributed by atoms with Crippen LogP contribution < -0.4 is 5.73 Å². The molecule has 0 spiro atoms. The summed E-state index contributed by atoms with van der Waals surface area (Å²) in [5.41, 5.74) is 8.46. The Labute approximate surface area is 149 Å². The Morgan fingerprint density at radius 1 is 0.962 bits per heavy atom. The maximum atomic E-state index is 13.0. The standard InChI is InChI=1S/C20H15FN4O/c21-16-8-6-15(7-9-16)19-11-10-17(26-19)12-24-25-18(13-23-20(25)22)14-4-2-1-3-5-14/h1-13H,(H2,22,23). The first kappa shape index (κ1) is 15.8. The third-order valence-electron chi connectivity index (χ3n) is 3.89. The smallest absolute Gasteiger partial charge is 0.221 e. The Bertz CT molecular complexity index is 1050. The van der Waals surface area contributed by atoms with Crippen LogP contribution in [0.4, 0.5) is 10.3 Å². The summed E-state index contributed by atoms with van der Waals surface area (Å²) in [5.74, 6) is 1.18. The second-order valence-electron chi connectivity index (χ2n) is 5.63. The number of benzene rings is 2. The van der Waals surface area contributed by atoms with Crippen LogP contribution in [-0.2, 0) is 0 Å². The summed E-state index contributed by atoms with van der Waals surface area (Å²) in [5, 5.41) is 4.38. The average molecular weight is 346 g/mol. The van der Waals surface area contributed by atoms with Crippen molar-refractivity contribution in [1.82, 2.24) is 9.66 Å². The van der Waals surface area contributed by atoms with Gasteiger partial charge in [0, 0.05) is 11.1 Å². The van der Waals surface area contributed by atoms with Gasteiger partial charge in [-0.25, -0.2) is 9.37 Å². The Hall–Kier alpha value is -3.67. The summed E-state index contributed by atoms with van der Waals surface area (Å²) < 4.78 is 20.3. The fourth-order valence-corrected chi connectivity index (χ4v) is 2.59. The second kappa shape index (κ2) is 6.68. The van der Waals surface area contributed by atoms with Crippen LogP contribution in [0.3, 0.4) is 0 Å². The maximum Gasteiger partial charge on any atom is 0.221 e. The van der Waals surface area contributed by atoms with E-state index in [0.717, 1.165) is 16.8 Å². The topological polar surface area (TPSA) is 69.3 Å². The second-order valence-corrected chi connectivity index (χ2v) is 5.63. The van der Waals surface area contributed by atoms with Gasteiger partial charge < -0.3 is 10.2 Å². The van der Waals surface area contributed by atoms with Crippen LogP contribution in [0.5, 0.6) is 0 Å². The van der Waals surface area contributed by atoms with Gasteiger partial charge in [-0.3, -0.25) is 0 Å². The molecule has 0 aliphatic heterocycles. The van der Waals surface area contributed by atoms with Crippen LogP contribution in [0.2, 0.25) is 0 Å². The number of hydrogen-bond acceptors (Lipinski definition) is 4. The molecule has 2 aromatic heterocycles. The van der Waals surface area contributed by atoms with E-state index < -0.39 is 0 Å². The van der Waals surface area contributed by atoms with E-state index in [4.69, 9.17) is 10.2 Å². The molecule has 6 heteroatoms. The molecule has 26 heavy (non-hydrogen) atoms. The normalized spacial score (nSPS) is 11.3. The number of hydrogen-bond donors (Lipinski definition) is 1. The number of halogens is 1. The lowest BCUT2D eigenvalue weighted by atomic mass is 10.2. The number of nitrogen functional groups attached to an aromatic ring is 1. The van der Waals surface area contributed by atoms with Gasteiger partial charge in [-0.1, -0.05) is 30.3 Å². The molecular formula is C20H15FN4O. The van der Waals surface area contributed by atoms with E-state index in [1.54, 1.807) is 35.3 Å². The third-order valence-corrected chi connectivity index (χ3v) is 3.89. The molecule has 4 aromatic rings. The molecule has 4 rings (SSSR count). The zero-order chi connectivity index (χ0) is 17.9. The minimum absolute atomic E-state index is 0.283. The molecule has 0 amide bonds. The van der Waals surface area contributed by atoms with Gasteiger partial charge in [-0.2, -0.15) is 9.78 Å². The van der Waals surface area contributed by atoms with E-state index in [2.05, 4.69) is 10.1 Å². The Balaban J connectivity index is 1.62. The number of anilines is 1. The van der Waals surface area contributed by atoms with E-state index in [9.17, 15) is 4.39 Å². The van der Waals surface area contributed by atoms with E-state index in [1.807, 2.05) is 36.4 Å². The summed E-state index contributed by atoms with van der Waals surface area (Å²) in [4.78, 5) is 4.13. The first-order valence-corrected chi connectivity index (χ1v) is 7.99. The number of aromatic nitrogens is 2. The average Bonchev–Trinajstić information content (AvgIpc) is 3.28. The minimum atomic E-state index is -0.286. The number of nitrogens with two attached hydrogens (primary N) is 1. The van der Waals surface area contributed by atoms with Gasteiger partial charge in [0.05, 0.1) is 18.1 Å². The van der Waals surface area contributed by atoms with E-state index >= 15 is 0 Å². The molecule has 2 N–H and O–H groups in total. The summed E-state index contributed by atoms with van der Waals surface area (Å²) >= 11 is 0. The number of nitrogens with zero attached hydrogens (tertiary/aromatic N) is 3. The third kappa shape index (κ3) is 3.12. The maximum absolute atomic E-state index is 13.0. The van der Waals surface area contributed by atoms with Crippen molar-refractivity contribution in [2.45, 2.75) is 0 Å². The fourth-order valence-electron chi connectivity index (χ4n) is 2.59. The number of furan rings is 1. The fraction of sp³-hybridized carbons (Fsp3) is 0. The van der Waals surface area contributed by atoms with Crippen LogP contribution in [-0.4, -0.2) is 15.9 Å². The molecular weight excluding hydrogens is 331 g/mol. The number of rotatable bonds is 4. The largest absolute Gasteiger partial charge is 0.455 e. The van der Waals surface area contributed by atoms with Crippen molar-refractivity contribution in [2.24, 2.45) is 5.10 Å². The lowest BCUT2D eigenvalue weighted by molar-refractivity contribution is 0.573. The highest BCUT2D eigenvalue weighted by atomic mass is 19.1. The van der Waals surface area contributed by atoms with Crippen LogP contribution in [0.15, 0.2) is 82.4 Å². The summed E-state index contributed by atoms with van der Waals surface area (Å²) in [6, 6.07) is 19.4. The minimum Gasteiger partial charge on any atom is -0.455 e. The van der Waals surface area contributed by atoms with Crippen molar-refractivity contribution < 1.29 is 8.81 Å². The van der Waals surface area contributed by atoms with Crippen molar-refractivity contribution in [3.05, 3.63) is 84.5 Å². The zero-order valence-corrected chi connectivity index (χ0v) is 13.7. The molecule has 0 saturated heterocycles. The van der Waals surface area contributed by atoms with Gasteiger partial charge in [0.2, 0.25) is 5.95 Å². The highest BCUT2D eigenvalue weighted by Crippen LogP contribution is 2.23. The SMILES string of the molecule is Nc1ncc(-c2ccccc2)n1N=Cc1ccc(-c2ccc(F)cc2)o1. The zero-order valence-electron chi connectivity index (χ0n) is 13.7. The molecule has 2 heterocycles. The predicted molar refractivity (Wildman–Crippen MR) is 99.2 cm³/mol. The molecule has 2 aromatic carbocycles. The van der Waals surface area contributed by atoms with Crippen LogP contribution in [0, 0.1) is 5.82 Å². The van der Waals surface area contributed by atoms with Crippen molar-refractivity contribution >= 4 is 12.2 Å². The highest BCUT2D eigenvalue weighted by Gasteiger charge is 2.09. The molecule has 5 nitrogen and oxygen atoms in total. The van der Waals surface area contributed by atoms with Crippen molar-refractivity contribution in [1.29, 1.82) is 0 Å². The lowest BCUT2D eigenvalue weighted by Gasteiger charge is -2.03. The van der Waals surface area contributed by atoms with Crippen LogP contribution in [0.25, 0.3) is 22.6 Å². The molecule has 0 bridgehead atoms. The molecule has 0 radical (unpaired) electrons. The van der Waals surface area contributed by atoms with Gasteiger partial charge in [-0.15, -0.1) is 0 Å². The van der Waals surface area contributed by atoms with E-state index in [0.29, 0.717) is 11.5 Å². The van der Waals surface area contributed by atoms with Gasteiger partial charge in [0.15, 0.2) is 0 Å². The highest BCUT2D eigenvalue weighted by molar-refractivity contribution is 5.78. The van der Waals surface area contributed by atoms with Gasteiger partial charge in [0.25, 0.3) is 0 Å². The Morgan fingerprint density at radius 3 is 2.50 bits per heavy atom. The van der Waals surface area contributed by atoms with Gasteiger partial charge in [0.1, 0.15) is 17.3 Å². The van der Waals surface area contributed by atoms with E-state index in [1.165, 1.54) is 12.1 Å². The monoisotopic (exact) mass is 346 g/mol. The quantitative estimate of drug-likeness (QED) is 0.556. The molecule has 0 unspecified atom stereocenters. The molecule has 0 aliphatic carbocycles. The molecule has 0 saturated carbocycles. The van der Waals surface area contributed by atoms with Crippen LogP contribution in [0.1, 0.15) is 5.76 Å². The molecule has 0 fully saturated rings. The Kier molecular flexibility index (Phi) is 4.07. The Morgan fingerprint density at radius 2 is 1.73 bits per heavy atom. The summed E-state index contributed by atoms with van der Waals surface area (Å²) in [7, 11) is 0. The predicted octanol–water partition coefficient (Wildman–Crippen LogP) is 4.41. The van der Waals surface area contributed by atoms with E-state index in [-0.39, 0.29) is 11.8 Å². The van der Waals surface area contributed by atoms with Gasteiger partial charge in [-0.05, 0) is 36.4 Å². The van der Waals surface area contributed by atoms with Crippen LogP contribution >= 0.6 is 0 Å². The first-order chi connectivity index (χ1) is 12.7. The summed E-state index contributed by atoms with van der Waals surface area (Å²) in [6.07, 6.45) is 3.24. The van der Waals surface area contributed by atoms with Gasteiger partial charge >= 0.3 is 0 Å². The summed E-state index contributed by atoms with van der Waals surface area (Å²) in [6.45, 7) is 0. The van der Waals surface area contributed by atoms with Crippen molar-refractivity contribution in [2.75, 3.05) is 5.73 Å². The van der Waals surface area contributed by atoms with Crippen molar-refractivity contribution in [3.8, 4) is 22.6 Å². The van der Waals surface area contributed by atoms with Crippen molar-refractivity contribution in [3.63, 3.8) is 0 Å². The molecule has 0 aliphatic rings. The number of imidazole rings is 1. The lowest BCUT2D eigenvalue weighted by Crippen LogP contribution is -1.99. The molecule has 128 valence electrons.